The summed E-state index contributed by atoms with van der Waals surface area (Å²) in [4.78, 5) is 4.49. The molecule has 6 rings (SSSR count). The van der Waals surface area contributed by atoms with Crippen LogP contribution < -0.4 is 17.0 Å². The molecule has 1 N–H and O–H groups in total. The predicted molar refractivity (Wildman–Crippen MR) is 122 cm³/mol. The largest absolute Gasteiger partial charge is 1.00 e. The van der Waals surface area contributed by atoms with Gasteiger partial charge in [0.15, 0.2) is 0 Å². The minimum absolute atomic E-state index is 0. The van der Waals surface area contributed by atoms with Crippen LogP contribution in [0.1, 0.15) is 30.1 Å². The summed E-state index contributed by atoms with van der Waals surface area (Å²) < 4.78 is 0.909. The van der Waals surface area contributed by atoms with Crippen molar-refractivity contribution in [3.05, 3.63) is 89.6 Å². The maximum atomic E-state index is 11.7. The normalized spacial score (nSPS) is 28.1. The number of para-hydroxylation sites is 1. The zero-order valence-corrected chi connectivity index (χ0v) is 19.8. The standard InChI is InChI=1S/C26H28ClN2O.BrH/c1-2-19-17-29(16-18-7-9-21(27)10-8-18)14-12-20(19)15-25(29)26(30)23-11-13-28-24-6-4-3-5-22(23)24;/h2-11,13,19-20,25-26,30H,1,12,14-17H2;1H/q+1;/p-1/t19-,20-,25+,26-,29?;/m0./s1. The molecule has 0 radical (unpaired) electrons. The number of nitrogens with zero attached hydrogens (tertiary/aromatic N) is 2. The number of rotatable bonds is 5. The van der Waals surface area contributed by atoms with E-state index in [4.69, 9.17) is 11.6 Å². The van der Waals surface area contributed by atoms with E-state index in [0.29, 0.717) is 11.8 Å². The Morgan fingerprint density at radius 3 is 2.71 bits per heavy atom. The number of aliphatic hydroxyl groups is 1. The number of halogens is 2. The Morgan fingerprint density at radius 1 is 1.16 bits per heavy atom. The van der Waals surface area contributed by atoms with Gasteiger partial charge in [0.25, 0.3) is 0 Å². The van der Waals surface area contributed by atoms with Gasteiger partial charge in [-0.1, -0.05) is 48.0 Å². The molecule has 3 fully saturated rings. The first-order chi connectivity index (χ1) is 14.6. The van der Waals surface area contributed by atoms with Gasteiger partial charge in [0, 0.05) is 40.9 Å². The van der Waals surface area contributed by atoms with Gasteiger partial charge < -0.3 is 26.6 Å². The average molecular weight is 500 g/mol. The van der Waals surface area contributed by atoms with Gasteiger partial charge in [0.1, 0.15) is 18.7 Å². The average Bonchev–Trinajstić information content (AvgIpc) is 2.79. The summed E-state index contributed by atoms with van der Waals surface area (Å²) in [6.45, 7) is 7.18. The lowest BCUT2D eigenvalue weighted by atomic mass is 9.71. The van der Waals surface area contributed by atoms with Crippen molar-refractivity contribution in [3.8, 4) is 0 Å². The number of hydrogen-bond acceptors (Lipinski definition) is 2. The molecule has 2 aromatic carbocycles. The Balaban J connectivity index is 0.00000231. The molecule has 3 aromatic rings. The number of aromatic nitrogens is 1. The maximum absolute atomic E-state index is 11.7. The number of piperidine rings is 3. The fourth-order valence-electron chi connectivity index (χ4n) is 5.92. The maximum Gasteiger partial charge on any atom is 0.131 e. The third kappa shape index (κ3) is 4.07. The number of aliphatic hydroxyl groups excluding tert-OH is 1. The molecule has 5 atom stereocenters. The van der Waals surface area contributed by atoms with E-state index in [0.717, 1.165) is 52.0 Å². The molecular formula is C26H28BrClN2O. The number of benzene rings is 2. The van der Waals surface area contributed by atoms with Crippen LogP contribution in [0.2, 0.25) is 5.02 Å². The second kappa shape index (κ2) is 9.03. The molecule has 3 aliphatic rings. The highest BCUT2D eigenvalue weighted by molar-refractivity contribution is 6.30. The van der Waals surface area contributed by atoms with Gasteiger partial charge in [0.2, 0.25) is 0 Å². The summed E-state index contributed by atoms with van der Waals surface area (Å²) in [5.74, 6) is 1.13. The molecule has 3 aliphatic heterocycles. The van der Waals surface area contributed by atoms with E-state index in [1.807, 2.05) is 42.6 Å². The number of fused-ring (bicyclic) bond motifs is 4. The van der Waals surface area contributed by atoms with Crippen molar-refractivity contribution < 1.29 is 26.6 Å². The van der Waals surface area contributed by atoms with Crippen molar-refractivity contribution >= 4 is 22.5 Å². The quantitative estimate of drug-likeness (QED) is 0.432. The molecule has 5 heteroatoms. The van der Waals surface area contributed by atoms with E-state index in [-0.39, 0.29) is 23.0 Å². The molecule has 3 nitrogen and oxygen atoms in total. The lowest BCUT2D eigenvalue weighted by Crippen LogP contribution is -3.00. The van der Waals surface area contributed by atoms with Crippen molar-refractivity contribution in [3.63, 3.8) is 0 Å². The summed E-state index contributed by atoms with van der Waals surface area (Å²) in [5.41, 5.74) is 3.22. The molecule has 0 saturated carbocycles. The Hall–Kier alpha value is -1.72. The number of pyridine rings is 1. The Morgan fingerprint density at radius 2 is 1.94 bits per heavy atom. The van der Waals surface area contributed by atoms with Crippen LogP contribution >= 0.6 is 11.6 Å². The lowest BCUT2D eigenvalue weighted by molar-refractivity contribution is -0.984. The first-order valence-corrected chi connectivity index (χ1v) is 11.2. The predicted octanol–water partition coefficient (Wildman–Crippen LogP) is 2.54. The highest BCUT2D eigenvalue weighted by atomic mass is 79.9. The zero-order chi connectivity index (χ0) is 20.7. The Kier molecular flexibility index (Phi) is 6.55. The monoisotopic (exact) mass is 498 g/mol. The fraction of sp³-hybridized carbons (Fsp3) is 0.346. The summed E-state index contributed by atoms with van der Waals surface area (Å²) >= 11 is 6.13. The van der Waals surface area contributed by atoms with E-state index in [1.165, 1.54) is 12.0 Å². The summed E-state index contributed by atoms with van der Waals surface area (Å²) in [6, 6.07) is 18.5. The number of hydrogen-bond donors (Lipinski definition) is 1. The van der Waals surface area contributed by atoms with E-state index in [9.17, 15) is 5.11 Å². The van der Waals surface area contributed by atoms with Gasteiger partial charge in [-0.05, 0) is 35.7 Å². The minimum atomic E-state index is -0.515. The summed E-state index contributed by atoms with van der Waals surface area (Å²) in [6.07, 6.45) is 5.68. The minimum Gasteiger partial charge on any atom is -1.00 e. The zero-order valence-electron chi connectivity index (χ0n) is 17.5. The molecule has 0 aliphatic carbocycles. The second-order valence-corrected chi connectivity index (χ2v) is 9.46. The Labute approximate surface area is 199 Å². The molecular weight excluding hydrogens is 472 g/mol. The van der Waals surface area contributed by atoms with Crippen LogP contribution in [0.25, 0.3) is 10.9 Å². The van der Waals surface area contributed by atoms with Crippen LogP contribution in [0.3, 0.4) is 0 Å². The van der Waals surface area contributed by atoms with Crippen LogP contribution in [0.5, 0.6) is 0 Å². The van der Waals surface area contributed by atoms with Crippen molar-refractivity contribution in [2.45, 2.75) is 31.5 Å². The fourth-order valence-corrected chi connectivity index (χ4v) is 6.04. The van der Waals surface area contributed by atoms with Crippen molar-refractivity contribution in [1.82, 2.24) is 4.98 Å². The van der Waals surface area contributed by atoms with Crippen molar-refractivity contribution in [2.24, 2.45) is 11.8 Å². The highest BCUT2D eigenvalue weighted by Gasteiger charge is 2.53. The van der Waals surface area contributed by atoms with Crippen LogP contribution in [-0.2, 0) is 6.54 Å². The topological polar surface area (TPSA) is 33.1 Å². The van der Waals surface area contributed by atoms with Gasteiger partial charge in [-0.3, -0.25) is 4.98 Å². The van der Waals surface area contributed by atoms with Gasteiger partial charge in [0.05, 0.1) is 18.6 Å². The SMILES string of the molecule is C=C[C@H]1C[N+]2(Cc3ccc(Cl)cc3)CC[C@H]1C[C@@H]2[C@@H](O)c1ccnc2ccccc12.[Br-]. The molecule has 4 heterocycles. The molecule has 31 heavy (non-hydrogen) atoms. The lowest BCUT2D eigenvalue weighted by Gasteiger charge is -2.58. The molecule has 0 spiro atoms. The van der Waals surface area contributed by atoms with Crippen LogP contribution in [0, 0.1) is 11.8 Å². The number of quaternary nitrogens is 1. The summed E-state index contributed by atoms with van der Waals surface area (Å²) in [7, 11) is 0. The molecule has 0 amide bonds. The van der Waals surface area contributed by atoms with Crippen LogP contribution in [-0.4, -0.2) is 33.7 Å². The van der Waals surface area contributed by atoms with Gasteiger partial charge in [-0.2, -0.15) is 0 Å². The van der Waals surface area contributed by atoms with Gasteiger partial charge in [-0.15, -0.1) is 6.58 Å². The molecule has 2 bridgehead atoms. The highest BCUT2D eigenvalue weighted by Crippen LogP contribution is 2.48. The smallest absolute Gasteiger partial charge is 0.131 e. The third-order valence-corrected chi connectivity index (χ3v) is 7.70. The van der Waals surface area contributed by atoms with Crippen molar-refractivity contribution in [2.75, 3.05) is 13.1 Å². The first-order valence-electron chi connectivity index (χ1n) is 10.8. The molecule has 1 unspecified atom stereocenters. The van der Waals surface area contributed by atoms with E-state index >= 15 is 0 Å². The molecule has 162 valence electrons. The third-order valence-electron chi connectivity index (χ3n) is 7.45. The Bertz CT molecular complexity index is 1070. The van der Waals surface area contributed by atoms with E-state index in [2.05, 4.69) is 35.8 Å². The molecule has 1 aromatic heterocycles. The van der Waals surface area contributed by atoms with Gasteiger partial charge >= 0.3 is 0 Å². The second-order valence-electron chi connectivity index (χ2n) is 9.02. The van der Waals surface area contributed by atoms with Gasteiger partial charge in [-0.25, -0.2) is 0 Å². The van der Waals surface area contributed by atoms with E-state index in [1.54, 1.807) is 0 Å². The van der Waals surface area contributed by atoms with Crippen molar-refractivity contribution in [1.29, 1.82) is 0 Å². The van der Waals surface area contributed by atoms with Crippen LogP contribution in [0.15, 0.2) is 73.4 Å². The summed E-state index contributed by atoms with van der Waals surface area (Å²) in [5, 5.41) is 13.5. The molecule has 3 saturated heterocycles. The van der Waals surface area contributed by atoms with Crippen LogP contribution in [0.4, 0.5) is 0 Å². The first kappa shape index (κ1) is 22.5. The van der Waals surface area contributed by atoms with E-state index < -0.39 is 6.10 Å².